The highest BCUT2D eigenvalue weighted by Gasteiger charge is 2.62. The molecule has 0 aliphatic heterocycles. The first-order valence-electron chi connectivity index (χ1n) is 5.11. The number of hydrogen-bond acceptors (Lipinski definition) is 1. The van der Waals surface area contributed by atoms with Gasteiger partial charge in [-0.1, -0.05) is 20.8 Å². The highest BCUT2D eigenvalue weighted by atomic mass is 16.4. The van der Waals surface area contributed by atoms with Gasteiger partial charge in [0.25, 0.3) is 0 Å². The molecule has 2 aliphatic rings. The molecule has 0 saturated heterocycles. The van der Waals surface area contributed by atoms with E-state index >= 15 is 0 Å². The fraction of sp³-hybridized carbons (Fsp3) is 0.909. The summed E-state index contributed by atoms with van der Waals surface area (Å²) in [5, 5.41) is 9.24. The molecule has 2 heteroatoms. The first-order valence-corrected chi connectivity index (χ1v) is 5.11. The van der Waals surface area contributed by atoms with E-state index in [9.17, 15) is 9.90 Å². The Labute approximate surface area is 79.3 Å². The quantitative estimate of drug-likeness (QED) is 0.676. The van der Waals surface area contributed by atoms with Gasteiger partial charge in [-0.2, -0.15) is 0 Å². The van der Waals surface area contributed by atoms with Gasteiger partial charge in [0.1, 0.15) is 0 Å². The number of fused-ring (bicyclic) bond motifs is 2. The third-order valence-corrected chi connectivity index (χ3v) is 4.52. The van der Waals surface area contributed by atoms with Crippen molar-refractivity contribution < 1.29 is 9.90 Å². The zero-order valence-corrected chi connectivity index (χ0v) is 8.63. The molecule has 13 heavy (non-hydrogen) atoms. The lowest BCUT2D eigenvalue weighted by Crippen LogP contribution is -2.40. The van der Waals surface area contributed by atoms with Crippen molar-refractivity contribution in [3.63, 3.8) is 0 Å². The Balaban J connectivity index is 2.39. The number of aliphatic carboxylic acids is 1. The molecule has 2 nitrogen and oxygen atoms in total. The molecule has 74 valence electrons. The average molecular weight is 182 g/mol. The van der Waals surface area contributed by atoms with E-state index in [2.05, 4.69) is 20.8 Å². The van der Waals surface area contributed by atoms with Gasteiger partial charge in [0.15, 0.2) is 0 Å². The van der Waals surface area contributed by atoms with Crippen LogP contribution in [0.5, 0.6) is 0 Å². The van der Waals surface area contributed by atoms with E-state index in [1.165, 1.54) is 6.42 Å². The van der Waals surface area contributed by atoms with Gasteiger partial charge >= 0.3 is 5.97 Å². The summed E-state index contributed by atoms with van der Waals surface area (Å²) in [7, 11) is 0. The van der Waals surface area contributed by atoms with Crippen molar-refractivity contribution in [3.05, 3.63) is 0 Å². The third-order valence-electron chi connectivity index (χ3n) is 4.52. The molecule has 0 amide bonds. The molecular weight excluding hydrogens is 164 g/mol. The summed E-state index contributed by atoms with van der Waals surface area (Å²) in [6.45, 7) is 6.41. The molecule has 3 unspecified atom stereocenters. The predicted molar refractivity (Wildman–Crippen MR) is 50.4 cm³/mol. The van der Waals surface area contributed by atoms with Crippen molar-refractivity contribution in [2.75, 3.05) is 0 Å². The molecule has 2 rings (SSSR count). The van der Waals surface area contributed by atoms with Crippen LogP contribution in [0.4, 0.5) is 0 Å². The molecule has 3 atom stereocenters. The summed E-state index contributed by atoms with van der Waals surface area (Å²) in [5.41, 5.74) is 0.0961. The molecule has 2 aliphatic carbocycles. The largest absolute Gasteiger partial charge is 0.481 e. The minimum absolute atomic E-state index is 0.0127. The van der Waals surface area contributed by atoms with E-state index in [4.69, 9.17) is 0 Å². The van der Waals surface area contributed by atoms with Crippen LogP contribution < -0.4 is 0 Å². The number of carboxylic acid groups (broad SMARTS) is 1. The third kappa shape index (κ3) is 0.976. The lowest BCUT2D eigenvalue weighted by Gasteiger charge is -2.39. The van der Waals surface area contributed by atoms with Crippen LogP contribution in [0.2, 0.25) is 0 Å². The highest BCUT2D eigenvalue weighted by molar-refractivity contribution is 5.73. The highest BCUT2D eigenvalue weighted by Crippen LogP contribution is 2.65. The van der Waals surface area contributed by atoms with Crippen molar-refractivity contribution in [2.24, 2.45) is 22.7 Å². The van der Waals surface area contributed by atoms with Gasteiger partial charge in [-0.05, 0) is 36.0 Å². The van der Waals surface area contributed by atoms with Gasteiger partial charge in [0.05, 0.1) is 5.92 Å². The number of rotatable bonds is 1. The molecule has 0 spiro atoms. The van der Waals surface area contributed by atoms with Crippen LogP contribution in [0.15, 0.2) is 0 Å². The SMILES string of the molecule is CC12CCC(C1)C(C)(C)C2C(=O)O. The van der Waals surface area contributed by atoms with E-state index < -0.39 is 5.97 Å². The van der Waals surface area contributed by atoms with Gasteiger partial charge in [-0.15, -0.1) is 0 Å². The molecule has 0 radical (unpaired) electrons. The first-order chi connectivity index (χ1) is 5.88. The minimum atomic E-state index is -0.588. The van der Waals surface area contributed by atoms with Gasteiger partial charge in [-0.3, -0.25) is 4.79 Å². The van der Waals surface area contributed by atoms with Crippen LogP contribution in [0, 0.1) is 22.7 Å². The van der Waals surface area contributed by atoms with Crippen molar-refractivity contribution in [1.82, 2.24) is 0 Å². The molecule has 2 bridgehead atoms. The van der Waals surface area contributed by atoms with Crippen LogP contribution in [0.3, 0.4) is 0 Å². The molecule has 2 fully saturated rings. The monoisotopic (exact) mass is 182 g/mol. The van der Waals surface area contributed by atoms with Crippen molar-refractivity contribution >= 4 is 5.97 Å². The van der Waals surface area contributed by atoms with Crippen LogP contribution in [0.25, 0.3) is 0 Å². The number of hydrogen-bond donors (Lipinski definition) is 1. The summed E-state index contributed by atoms with van der Waals surface area (Å²) < 4.78 is 0. The number of carboxylic acids is 1. The molecule has 0 heterocycles. The Bertz CT molecular complexity index is 252. The van der Waals surface area contributed by atoms with Crippen LogP contribution in [-0.4, -0.2) is 11.1 Å². The van der Waals surface area contributed by atoms with E-state index in [0.717, 1.165) is 12.8 Å². The second-order valence-electron chi connectivity index (χ2n) is 5.69. The maximum absolute atomic E-state index is 11.2. The lowest BCUT2D eigenvalue weighted by molar-refractivity contribution is -0.151. The van der Waals surface area contributed by atoms with Crippen molar-refractivity contribution in [3.8, 4) is 0 Å². The molecule has 1 N–H and O–H groups in total. The van der Waals surface area contributed by atoms with Gasteiger partial charge in [0, 0.05) is 0 Å². The van der Waals surface area contributed by atoms with Crippen LogP contribution >= 0.6 is 0 Å². The molecular formula is C11H18O2. The maximum atomic E-state index is 11.2. The van der Waals surface area contributed by atoms with E-state index in [1.54, 1.807) is 0 Å². The summed E-state index contributed by atoms with van der Waals surface area (Å²) in [4.78, 5) is 11.2. The normalized spacial score (nSPS) is 46.7. The lowest BCUT2D eigenvalue weighted by atomic mass is 9.64. The second kappa shape index (κ2) is 2.28. The molecule has 2 saturated carbocycles. The second-order valence-corrected chi connectivity index (χ2v) is 5.69. The Morgan fingerprint density at radius 2 is 2.00 bits per heavy atom. The summed E-state index contributed by atoms with van der Waals surface area (Å²) >= 11 is 0. The average Bonchev–Trinajstić information content (AvgIpc) is 2.36. The first kappa shape index (κ1) is 9.04. The Morgan fingerprint density at radius 3 is 2.31 bits per heavy atom. The Kier molecular flexibility index (Phi) is 1.59. The summed E-state index contributed by atoms with van der Waals surface area (Å²) in [5.74, 6) is -0.0768. The van der Waals surface area contributed by atoms with E-state index in [1.807, 2.05) is 0 Å². The van der Waals surface area contributed by atoms with Crippen molar-refractivity contribution in [2.45, 2.75) is 40.0 Å². The summed E-state index contributed by atoms with van der Waals surface area (Å²) in [6.07, 6.45) is 3.46. The molecule has 0 aromatic carbocycles. The fourth-order valence-corrected chi connectivity index (χ4v) is 3.92. The van der Waals surface area contributed by atoms with E-state index in [0.29, 0.717) is 5.92 Å². The van der Waals surface area contributed by atoms with Gasteiger partial charge < -0.3 is 5.11 Å². The fourth-order valence-electron chi connectivity index (χ4n) is 3.92. The minimum Gasteiger partial charge on any atom is -0.481 e. The maximum Gasteiger partial charge on any atom is 0.307 e. The topological polar surface area (TPSA) is 37.3 Å². The molecule has 0 aromatic rings. The number of carbonyl (C=O) groups is 1. The summed E-state index contributed by atoms with van der Waals surface area (Å²) in [6, 6.07) is 0. The van der Waals surface area contributed by atoms with Crippen LogP contribution in [-0.2, 0) is 4.79 Å². The van der Waals surface area contributed by atoms with E-state index in [-0.39, 0.29) is 16.7 Å². The Morgan fingerprint density at radius 1 is 1.38 bits per heavy atom. The molecule has 0 aromatic heterocycles. The zero-order valence-electron chi connectivity index (χ0n) is 8.63. The Hall–Kier alpha value is -0.530. The van der Waals surface area contributed by atoms with Crippen molar-refractivity contribution in [1.29, 1.82) is 0 Å². The predicted octanol–water partition coefficient (Wildman–Crippen LogP) is 2.53. The van der Waals surface area contributed by atoms with Gasteiger partial charge in [0.2, 0.25) is 0 Å². The standard InChI is InChI=1S/C11H18O2/c1-10(2)7-4-5-11(3,6-7)8(10)9(12)13/h7-8H,4-6H2,1-3H3,(H,12,13). The van der Waals surface area contributed by atoms with Crippen LogP contribution in [0.1, 0.15) is 40.0 Å². The smallest absolute Gasteiger partial charge is 0.307 e. The zero-order chi connectivity index (χ0) is 9.85. The van der Waals surface area contributed by atoms with Gasteiger partial charge in [-0.25, -0.2) is 0 Å².